The highest BCUT2D eigenvalue weighted by molar-refractivity contribution is 5.35. The van der Waals surface area contributed by atoms with E-state index >= 15 is 0 Å². The molecule has 0 radical (unpaired) electrons. The molecule has 3 heterocycles. The smallest absolute Gasteiger partial charge is 0.227 e. The Morgan fingerprint density at radius 3 is 2.42 bits per heavy atom. The molecule has 1 aliphatic rings. The summed E-state index contributed by atoms with van der Waals surface area (Å²) in [6.07, 6.45) is 2.45. The van der Waals surface area contributed by atoms with Gasteiger partial charge in [-0.25, -0.2) is 0 Å². The van der Waals surface area contributed by atoms with Crippen molar-refractivity contribution in [2.45, 2.75) is 46.7 Å². The van der Waals surface area contributed by atoms with E-state index in [2.05, 4.69) is 68.9 Å². The summed E-state index contributed by atoms with van der Waals surface area (Å²) in [6.45, 7) is 9.83. The van der Waals surface area contributed by atoms with Gasteiger partial charge < -0.3 is 4.90 Å². The normalized spacial score (nSPS) is 14.3. The van der Waals surface area contributed by atoms with Gasteiger partial charge in [-0.05, 0) is 50.8 Å². The van der Waals surface area contributed by atoms with Gasteiger partial charge in [0.05, 0.1) is 12.2 Å². The van der Waals surface area contributed by atoms with Crippen LogP contribution >= 0.6 is 0 Å². The van der Waals surface area contributed by atoms with E-state index in [4.69, 9.17) is 0 Å². The Labute approximate surface area is 154 Å². The fourth-order valence-corrected chi connectivity index (χ4v) is 3.68. The lowest BCUT2D eigenvalue weighted by Crippen LogP contribution is -2.23. The zero-order valence-corrected chi connectivity index (χ0v) is 15.8. The van der Waals surface area contributed by atoms with Crippen molar-refractivity contribution in [1.29, 1.82) is 0 Å². The predicted molar refractivity (Wildman–Crippen MR) is 103 cm³/mol. The van der Waals surface area contributed by atoms with Crippen molar-refractivity contribution in [3.63, 3.8) is 0 Å². The predicted octanol–water partition coefficient (Wildman–Crippen LogP) is 3.10. The molecule has 0 atom stereocenters. The fraction of sp³-hybridized carbons (Fsp3) is 0.450. The molecule has 0 spiro atoms. The maximum atomic E-state index is 4.60. The molecule has 0 bridgehead atoms. The molecule has 4 rings (SSSR count). The van der Waals surface area contributed by atoms with Crippen molar-refractivity contribution < 1.29 is 0 Å². The van der Waals surface area contributed by atoms with Gasteiger partial charge in [-0.2, -0.15) is 5.10 Å². The zero-order valence-electron chi connectivity index (χ0n) is 15.8. The fourth-order valence-electron chi connectivity index (χ4n) is 3.68. The van der Waals surface area contributed by atoms with Crippen molar-refractivity contribution >= 4 is 5.95 Å². The third kappa shape index (κ3) is 3.23. The van der Waals surface area contributed by atoms with E-state index in [0.29, 0.717) is 6.54 Å². The summed E-state index contributed by atoms with van der Waals surface area (Å²) >= 11 is 0. The number of hydrogen-bond donors (Lipinski definition) is 0. The molecule has 0 saturated carbocycles. The summed E-state index contributed by atoms with van der Waals surface area (Å²) in [7, 11) is 0. The van der Waals surface area contributed by atoms with Crippen LogP contribution < -0.4 is 4.90 Å². The van der Waals surface area contributed by atoms with Crippen LogP contribution in [0.25, 0.3) is 0 Å². The molecule has 1 aliphatic heterocycles. The summed E-state index contributed by atoms with van der Waals surface area (Å²) in [6, 6.07) is 10.6. The number of aromatic nitrogens is 5. The number of benzene rings is 1. The third-order valence-electron chi connectivity index (χ3n) is 5.18. The number of nitrogens with zero attached hydrogens (tertiary/aromatic N) is 6. The molecular formula is C20H26N6. The SMILES string of the molecule is Cc1cc(C)n(Cc2nnc(N3CCCC3)n2Cc2ccccc2C)n1. The van der Waals surface area contributed by atoms with E-state index in [0.717, 1.165) is 42.8 Å². The summed E-state index contributed by atoms with van der Waals surface area (Å²) < 4.78 is 4.28. The lowest BCUT2D eigenvalue weighted by atomic mass is 10.1. The van der Waals surface area contributed by atoms with Gasteiger partial charge in [-0.15, -0.1) is 10.2 Å². The Balaban J connectivity index is 1.71. The average Bonchev–Trinajstić information content (AvgIpc) is 3.32. The monoisotopic (exact) mass is 350 g/mol. The first-order valence-corrected chi connectivity index (χ1v) is 9.34. The molecule has 1 fully saturated rings. The second-order valence-corrected chi connectivity index (χ2v) is 7.21. The standard InChI is InChI=1S/C20H26N6/c1-15-8-4-5-9-18(15)13-25-19(14-26-17(3)12-16(2)23-26)21-22-20(25)24-10-6-7-11-24/h4-5,8-9,12H,6-7,10-11,13-14H2,1-3H3. The highest BCUT2D eigenvalue weighted by atomic mass is 15.4. The van der Waals surface area contributed by atoms with E-state index in [1.807, 2.05) is 11.6 Å². The molecule has 1 saturated heterocycles. The molecule has 0 amide bonds. The van der Waals surface area contributed by atoms with Crippen LogP contribution in [-0.4, -0.2) is 37.6 Å². The first kappa shape index (κ1) is 16.8. The van der Waals surface area contributed by atoms with Gasteiger partial charge in [-0.3, -0.25) is 9.25 Å². The minimum absolute atomic E-state index is 0.645. The first-order chi connectivity index (χ1) is 12.6. The topological polar surface area (TPSA) is 51.8 Å². The molecule has 3 aromatic rings. The van der Waals surface area contributed by atoms with E-state index in [1.165, 1.54) is 24.0 Å². The van der Waals surface area contributed by atoms with Crippen LogP contribution in [-0.2, 0) is 13.1 Å². The summed E-state index contributed by atoms with van der Waals surface area (Å²) in [5.74, 6) is 1.95. The number of anilines is 1. The Hall–Kier alpha value is -2.63. The number of rotatable bonds is 5. The van der Waals surface area contributed by atoms with Gasteiger partial charge in [0.1, 0.15) is 6.54 Å². The molecule has 2 aromatic heterocycles. The lowest BCUT2D eigenvalue weighted by Gasteiger charge is -2.19. The zero-order chi connectivity index (χ0) is 18.1. The van der Waals surface area contributed by atoms with E-state index in [9.17, 15) is 0 Å². The molecule has 6 nitrogen and oxygen atoms in total. The summed E-state index contributed by atoms with van der Waals surface area (Å²) in [5, 5.41) is 13.7. The minimum Gasteiger partial charge on any atom is -0.341 e. The van der Waals surface area contributed by atoms with E-state index < -0.39 is 0 Å². The van der Waals surface area contributed by atoms with Gasteiger partial charge >= 0.3 is 0 Å². The van der Waals surface area contributed by atoms with Crippen molar-refractivity contribution in [1.82, 2.24) is 24.5 Å². The molecule has 0 aliphatic carbocycles. The third-order valence-corrected chi connectivity index (χ3v) is 5.18. The highest BCUT2D eigenvalue weighted by Crippen LogP contribution is 2.22. The van der Waals surface area contributed by atoms with Crippen LogP contribution in [0.1, 0.15) is 41.2 Å². The van der Waals surface area contributed by atoms with Crippen LogP contribution in [0.15, 0.2) is 30.3 Å². The molecular weight excluding hydrogens is 324 g/mol. The van der Waals surface area contributed by atoms with Crippen LogP contribution in [0.4, 0.5) is 5.95 Å². The van der Waals surface area contributed by atoms with Crippen molar-refractivity contribution in [3.05, 3.63) is 58.7 Å². The van der Waals surface area contributed by atoms with Crippen LogP contribution in [0.5, 0.6) is 0 Å². The quantitative estimate of drug-likeness (QED) is 0.709. The molecule has 0 unspecified atom stereocenters. The molecule has 26 heavy (non-hydrogen) atoms. The van der Waals surface area contributed by atoms with Crippen LogP contribution in [0.2, 0.25) is 0 Å². The lowest BCUT2D eigenvalue weighted by molar-refractivity contribution is 0.596. The molecule has 1 aromatic carbocycles. The molecule has 0 N–H and O–H groups in total. The van der Waals surface area contributed by atoms with Crippen LogP contribution in [0.3, 0.4) is 0 Å². The van der Waals surface area contributed by atoms with Crippen molar-refractivity contribution in [3.8, 4) is 0 Å². The number of aryl methyl sites for hydroxylation is 3. The Morgan fingerprint density at radius 1 is 0.962 bits per heavy atom. The molecule has 6 heteroatoms. The number of hydrogen-bond acceptors (Lipinski definition) is 4. The summed E-state index contributed by atoms with van der Waals surface area (Å²) in [4.78, 5) is 2.36. The highest BCUT2D eigenvalue weighted by Gasteiger charge is 2.22. The van der Waals surface area contributed by atoms with Gasteiger partial charge in [0.2, 0.25) is 5.95 Å². The Morgan fingerprint density at radius 2 is 1.73 bits per heavy atom. The Bertz CT molecular complexity index is 901. The van der Waals surface area contributed by atoms with Gasteiger partial charge in [0, 0.05) is 18.8 Å². The second kappa shape index (κ2) is 6.94. The average molecular weight is 350 g/mol. The first-order valence-electron chi connectivity index (χ1n) is 9.34. The molecule has 136 valence electrons. The maximum Gasteiger partial charge on any atom is 0.227 e. The van der Waals surface area contributed by atoms with Gasteiger partial charge in [0.15, 0.2) is 5.82 Å². The largest absolute Gasteiger partial charge is 0.341 e. The van der Waals surface area contributed by atoms with E-state index in [-0.39, 0.29) is 0 Å². The Kier molecular flexibility index (Phi) is 4.49. The maximum absolute atomic E-state index is 4.60. The van der Waals surface area contributed by atoms with Gasteiger partial charge in [0.25, 0.3) is 0 Å². The van der Waals surface area contributed by atoms with Gasteiger partial charge in [-0.1, -0.05) is 24.3 Å². The van der Waals surface area contributed by atoms with Crippen molar-refractivity contribution in [2.24, 2.45) is 0 Å². The summed E-state index contributed by atoms with van der Waals surface area (Å²) in [5.41, 5.74) is 4.79. The van der Waals surface area contributed by atoms with E-state index in [1.54, 1.807) is 0 Å². The van der Waals surface area contributed by atoms with Crippen molar-refractivity contribution in [2.75, 3.05) is 18.0 Å². The second-order valence-electron chi connectivity index (χ2n) is 7.21. The minimum atomic E-state index is 0.645. The van der Waals surface area contributed by atoms with Crippen LogP contribution in [0, 0.1) is 20.8 Å².